The highest BCUT2D eigenvalue weighted by molar-refractivity contribution is 9.10. The number of fused-ring (bicyclic) bond motifs is 1. The lowest BCUT2D eigenvalue weighted by molar-refractivity contribution is 0.0129. The quantitative estimate of drug-likeness (QED) is 0.368. The number of aromatic nitrogens is 2. The second-order valence-electron chi connectivity index (χ2n) is 12.6. The molecule has 1 aliphatic rings. The SMILES string of the molecule is C[C@@H]1CN(c2nc(OC(C)(C)C)nc3c(OC(C)(C)C)c(Br)c(Cl)cc23)[C@@H](C)CN1C(=O)OC(C)(C)C. The molecular weight excluding hydrogens is 560 g/mol. The van der Waals surface area contributed by atoms with E-state index in [0.717, 1.165) is 5.39 Å². The van der Waals surface area contributed by atoms with Gasteiger partial charge in [-0.1, -0.05) is 11.6 Å². The molecule has 206 valence electrons. The second kappa shape index (κ2) is 10.3. The Morgan fingerprint density at radius 2 is 1.54 bits per heavy atom. The van der Waals surface area contributed by atoms with Gasteiger partial charge in [-0.2, -0.15) is 9.97 Å². The van der Waals surface area contributed by atoms with Gasteiger partial charge in [-0.15, -0.1) is 0 Å². The van der Waals surface area contributed by atoms with Crippen molar-refractivity contribution in [1.29, 1.82) is 0 Å². The van der Waals surface area contributed by atoms with E-state index in [4.69, 9.17) is 35.8 Å². The van der Waals surface area contributed by atoms with Crippen LogP contribution in [0.25, 0.3) is 10.9 Å². The molecular formula is C27H40BrClN4O4. The molecule has 8 nitrogen and oxygen atoms in total. The molecule has 0 bridgehead atoms. The molecule has 0 radical (unpaired) electrons. The number of carbonyl (C=O) groups excluding carboxylic acids is 1. The second-order valence-corrected chi connectivity index (χ2v) is 13.8. The first-order valence-corrected chi connectivity index (χ1v) is 13.8. The van der Waals surface area contributed by atoms with Crippen molar-refractivity contribution >= 4 is 50.3 Å². The number of halogens is 2. The van der Waals surface area contributed by atoms with Crippen molar-refractivity contribution < 1.29 is 19.0 Å². The minimum absolute atomic E-state index is 0.0567. The molecule has 1 fully saturated rings. The smallest absolute Gasteiger partial charge is 0.410 e. The van der Waals surface area contributed by atoms with E-state index in [9.17, 15) is 4.79 Å². The molecule has 10 heteroatoms. The first kappa shape index (κ1) is 29.6. The molecule has 0 aliphatic carbocycles. The average molecular weight is 600 g/mol. The Hall–Kier alpha value is -2.00. The lowest BCUT2D eigenvalue weighted by atomic mass is 10.1. The van der Waals surface area contributed by atoms with Crippen molar-refractivity contribution in [2.24, 2.45) is 0 Å². The van der Waals surface area contributed by atoms with Gasteiger partial charge in [0.15, 0.2) is 5.75 Å². The normalized spacial score (nSPS) is 19.3. The molecule has 1 aliphatic heterocycles. The average Bonchev–Trinajstić information content (AvgIpc) is 2.69. The molecule has 0 unspecified atom stereocenters. The summed E-state index contributed by atoms with van der Waals surface area (Å²) in [6.07, 6.45) is -0.316. The topological polar surface area (TPSA) is 77.0 Å². The van der Waals surface area contributed by atoms with Crippen molar-refractivity contribution in [2.45, 2.75) is 105 Å². The lowest BCUT2D eigenvalue weighted by Gasteiger charge is -2.45. The molecule has 1 amide bonds. The van der Waals surface area contributed by atoms with Crippen molar-refractivity contribution in [3.05, 3.63) is 15.6 Å². The number of carbonyl (C=O) groups is 1. The molecule has 2 atom stereocenters. The van der Waals surface area contributed by atoms with Crippen LogP contribution in [0.4, 0.5) is 10.6 Å². The van der Waals surface area contributed by atoms with Crippen LogP contribution in [0.3, 0.4) is 0 Å². The van der Waals surface area contributed by atoms with Crippen molar-refractivity contribution in [1.82, 2.24) is 14.9 Å². The third kappa shape index (κ3) is 7.31. The molecule has 3 rings (SSSR count). The van der Waals surface area contributed by atoms with Gasteiger partial charge in [0.1, 0.15) is 28.1 Å². The monoisotopic (exact) mass is 598 g/mol. The molecule has 1 aromatic heterocycles. The Balaban J connectivity index is 2.15. The van der Waals surface area contributed by atoms with E-state index in [0.29, 0.717) is 39.7 Å². The maximum absolute atomic E-state index is 12.9. The van der Waals surface area contributed by atoms with Crippen LogP contribution in [0.1, 0.15) is 76.2 Å². The highest BCUT2D eigenvalue weighted by atomic mass is 79.9. The fraction of sp³-hybridized carbons (Fsp3) is 0.667. The van der Waals surface area contributed by atoms with Gasteiger partial charge in [-0.25, -0.2) is 4.79 Å². The number of benzene rings is 1. The summed E-state index contributed by atoms with van der Waals surface area (Å²) < 4.78 is 18.7. The summed E-state index contributed by atoms with van der Waals surface area (Å²) in [6.45, 7) is 22.5. The van der Waals surface area contributed by atoms with Crippen LogP contribution < -0.4 is 14.4 Å². The van der Waals surface area contributed by atoms with Gasteiger partial charge in [0.2, 0.25) is 0 Å². The number of nitrogens with zero attached hydrogens (tertiary/aromatic N) is 4. The summed E-state index contributed by atoms with van der Waals surface area (Å²) in [7, 11) is 0. The Morgan fingerprint density at radius 3 is 2.08 bits per heavy atom. The number of rotatable bonds is 3. The number of hydrogen-bond acceptors (Lipinski definition) is 7. The fourth-order valence-electron chi connectivity index (χ4n) is 4.08. The van der Waals surface area contributed by atoms with Crippen LogP contribution in [0, 0.1) is 0 Å². The molecule has 2 aromatic rings. The van der Waals surface area contributed by atoms with Crippen LogP contribution in [0.5, 0.6) is 11.8 Å². The predicted molar refractivity (Wildman–Crippen MR) is 152 cm³/mol. The number of anilines is 1. The summed E-state index contributed by atoms with van der Waals surface area (Å²) in [6, 6.07) is 1.93. The van der Waals surface area contributed by atoms with Crippen LogP contribution in [0.15, 0.2) is 10.5 Å². The van der Waals surface area contributed by atoms with Crippen molar-refractivity contribution in [2.75, 3.05) is 18.0 Å². The number of piperazine rings is 1. The van der Waals surface area contributed by atoms with Crippen LogP contribution in [0.2, 0.25) is 5.02 Å². The summed E-state index contributed by atoms with van der Waals surface area (Å²) in [5.41, 5.74) is -0.956. The molecule has 0 spiro atoms. The van der Waals surface area contributed by atoms with Crippen molar-refractivity contribution in [3.8, 4) is 11.8 Å². The minimum Gasteiger partial charge on any atom is -0.485 e. The summed E-state index contributed by atoms with van der Waals surface area (Å²) >= 11 is 10.3. The first-order chi connectivity index (χ1) is 16.8. The molecule has 0 saturated carbocycles. The maximum Gasteiger partial charge on any atom is 0.410 e. The van der Waals surface area contributed by atoms with Gasteiger partial charge >= 0.3 is 12.1 Å². The first-order valence-electron chi connectivity index (χ1n) is 12.6. The fourth-order valence-corrected chi connectivity index (χ4v) is 4.66. The van der Waals surface area contributed by atoms with Gasteiger partial charge in [0.25, 0.3) is 0 Å². The Kier molecular flexibility index (Phi) is 8.22. The lowest BCUT2D eigenvalue weighted by Crippen LogP contribution is -2.59. The van der Waals surface area contributed by atoms with Gasteiger partial charge in [0.05, 0.1) is 9.50 Å². The molecule has 1 saturated heterocycles. The molecule has 37 heavy (non-hydrogen) atoms. The van der Waals surface area contributed by atoms with E-state index in [1.165, 1.54) is 0 Å². The van der Waals surface area contributed by atoms with Gasteiger partial charge in [-0.3, -0.25) is 0 Å². The van der Waals surface area contributed by atoms with E-state index in [1.54, 1.807) is 4.90 Å². The van der Waals surface area contributed by atoms with Crippen LogP contribution >= 0.6 is 27.5 Å². The van der Waals surface area contributed by atoms with Crippen LogP contribution in [-0.2, 0) is 4.74 Å². The molecule has 2 heterocycles. The van der Waals surface area contributed by atoms with Crippen LogP contribution in [-0.4, -0.2) is 62.9 Å². The zero-order valence-electron chi connectivity index (χ0n) is 23.8. The molecule has 0 N–H and O–H groups in total. The molecule has 1 aromatic carbocycles. The van der Waals surface area contributed by atoms with E-state index in [1.807, 2.05) is 75.3 Å². The van der Waals surface area contributed by atoms with E-state index in [-0.39, 0.29) is 24.2 Å². The largest absolute Gasteiger partial charge is 0.485 e. The summed E-state index contributed by atoms with van der Waals surface area (Å²) in [5, 5.41) is 1.24. The van der Waals surface area contributed by atoms with Gasteiger partial charge < -0.3 is 24.0 Å². The number of hydrogen-bond donors (Lipinski definition) is 0. The van der Waals surface area contributed by atoms with E-state index in [2.05, 4.69) is 27.8 Å². The van der Waals surface area contributed by atoms with Gasteiger partial charge in [0, 0.05) is 30.6 Å². The number of ether oxygens (including phenoxy) is 3. The maximum atomic E-state index is 12.9. The Bertz CT molecular complexity index is 1170. The van der Waals surface area contributed by atoms with Crippen molar-refractivity contribution in [3.63, 3.8) is 0 Å². The Labute approximate surface area is 234 Å². The predicted octanol–water partition coefficient (Wildman–Crippen LogP) is 7.23. The third-order valence-electron chi connectivity index (χ3n) is 5.49. The summed E-state index contributed by atoms with van der Waals surface area (Å²) in [4.78, 5) is 26.5. The number of amides is 1. The highest BCUT2D eigenvalue weighted by Crippen LogP contribution is 2.44. The standard InChI is InChI=1S/C27H40BrClN4O4/c1-15-14-33(24(34)37-27(9,10)11)16(2)13-32(15)22-17-12-18(29)19(28)21(35-25(3,4)5)20(17)30-23(31-22)36-26(6,7)8/h12,15-16H,13-14H2,1-11H3/t15-,16+/m0/s1. The zero-order valence-corrected chi connectivity index (χ0v) is 26.2. The van der Waals surface area contributed by atoms with E-state index >= 15 is 0 Å². The summed E-state index contributed by atoms with van der Waals surface area (Å²) in [5.74, 6) is 1.21. The highest BCUT2D eigenvalue weighted by Gasteiger charge is 2.36. The third-order valence-corrected chi connectivity index (χ3v) is 6.81. The minimum atomic E-state index is -0.563. The van der Waals surface area contributed by atoms with E-state index < -0.39 is 16.8 Å². The zero-order chi connectivity index (χ0) is 28.1. The van der Waals surface area contributed by atoms with Gasteiger partial charge in [-0.05, 0) is 98.2 Å². The Morgan fingerprint density at radius 1 is 0.946 bits per heavy atom.